The lowest BCUT2D eigenvalue weighted by Gasteiger charge is -2.36. The van der Waals surface area contributed by atoms with Crippen LogP contribution in [0.4, 0.5) is 27.7 Å². The van der Waals surface area contributed by atoms with E-state index in [2.05, 4.69) is 25.6 Å². The molecule has 164 valence electrons. The van der Waals surface area contributed by atoms with Crippen molar-refractivity contribution in [3.05, 3.63) is 47.8 Å². The Hall–Kier alpha value is -3.53. The number of amides is 1. The summed E-state index contributed by atoms with van der Waals surface area (Å²) in [6.07, 6.45) is 1.41. The number of benzene rings is 1. The molecule has 4 rings (SSSR count). The van der Waals surface area contributed by atoms with Gasteiger partial charge in [-0.1, -0.05) is 12.1 Å². The van der Waals surface area contributed by atoms with E-state index < -0.39 is 5.60 Å². The highest BCUT2D eigenvalue weighted by Crippen LogP contribution is 2.29. The molecule has 2 aromatic rings. The number of hydrogen-bond acceptors (Lipinski definition) is 9. The maximum atomic E-state index is 12.2. The molecule has 0 atom stereocenters. The number of para-hydroxylation sites is 2. The predicted molar refractivity (Wildman–Crippen MR) is 120 cm³/mol. The summed E-state index contributed by atoms with van der Waals surface area (Å²) in [4.78, 5) is 25.0. The van der Waals surface area contributed by atoms with Crippen molar-refractivity contribution in [3.63, 3.8) is 0 Å². The van der Waals surface area contributed by atoms with Gasteiger partial charge in [-0.2, -0.15) is 0 Å². The van der Waals surface area contributed by atoms with Gasteiger partial charge in [-0.25, -0.2) is 14.8 Å². The molecule has 1 saturated heterocycles. The van der Waals surface area contributed by atoms with Crippen LogP contribution in [0.15, 0.2) is 47.6 Å². The van der Waals surface area contributed by atoms with Gasteiger partial charge in [-0.15, -0.1) is 0 Å². The van der Waals surface area contributed by atoms with Crippen molar-refractivity contribution in [3.8, 4) is 0 Å². The number of guanidine groups is 1. The zero-order valence-electron chi connectivity index (χ0n) is 17.8. The van der Waals surface area contributed by atoms with Gasteiger partial charge in [-0.3, -0.25) is 5.43 Å². The smallest absolute Gasteiger partial charge is 0.410 e. The summed E-state index contributed by atoms with van der Waals surface area (Å²) in [6, 6.07) is 10.9. The number of piperazine rings is 1. The first-order chi connectivity index (χ1) is 14.8. The number of hydrazine groups is 1. The standard InChI is InChI=1S/C21H26N7O3/c1-21(2,3)31-20(29)27-12-10-26(11-13-27)18-9-8-15(14-22-18)23-19-24-16-6-4-5-7-17(16)28(30)25-19/h4-9,14H,10-13H2,1-3H3,(H2,23,24,25)/q-1. The Bertz CT molecular complexity index is 964. The lowest BCUT2D eigenvalue weighted by atomic mass is 10.2. The summed E-state index contributed by atoms with van der Waals surface area (Å²) in [7, 11) is 0. The summed E-state index contributed by atoms with van der Waals surface area (Å²) >= 11 is 0. The van der Waals surface area contributed by atoms with Crippen LogP contribution in [0.3, 0.4) is 0 Å². The van der Waals surface area contributed by atoms with Gasteiger partial charge in [0.25, 0.3) is 0 Å². The van der Waals surface area contributed by atoms with Crippen LogP contribution in [0.5, 0.6) is 0 Å². The number of fused-ring (bicyclic) bond motifs is 1. The predicted octanol–water partition coefficient (Wildman–Crippen LogP) is 3.06. The molecule has 0 bridgehead atoms. The molecule has 0 radical (unpaired) electrons. The Labute approximate surface area is 181 Å². The lowest BCUT2D eigenvalue weighted by Crippen LogP contribution is -2.50. The number of nitrogens with one attached hydrogen (secondary N) is 2. The van der Waals surface area contributed by atoms with E-state index in [4.69, 9.17) is 4.74 Å². The highest BCUT2D eigenvalue weighted by atomic mass is 16.6. The molecule has 2 N–H and O–H groups in total. The van der Waals surface area contributed by atoms with Gasteiger partial charge in [0.15, 0.2) is 0 Å². The first-order valence-corrected chi connectivity index (χ1v) is 10.2. The van der Waals surface area contributed by atoms with Gasteiger partial charge < -0.3 is 30.2 Å². The number of carbonyl (C=O) groups is 1. The van der Waals surface area contributed by atoms with Crippen LogP contribution >= 0.6 is 0 Å². The largest absolute Gasteiger partial charge is 0.739 e. The molecule has 10 nitrogen and oxygen atoms in total. The van der Waals surface area contributed by atoms with Crippen LogP contribution in [-0.2, 0) is 4.74 Å². The normalized spacial score (nSPS) is 16.3. The second kappa shape index (κ2) is 8.31. The summed E-state index contributed by atoms with van der Waals surface area (Å²) in [5, 5.41) is 15.9. The number of ether oxygens (including phenoxy) is 1. The first kappa shape index (κ1) is 20.7. The zero-order valence-corrected chi connectivity index (χ0v) is 17.8. The van der Waals surface area contributed by atoms with Crippen molar-refractivity contribution < 1.29 is 9.53 Å². The zero-order chi connectivity index (χ0) is 22.0. The maximum absolute atomic E-state index is 12.2. The maximum Gasteiger partial charge on any atom is 0.410 e. The molecule has 3 heterocycles. The number of nitrogens with zero attached hydrogens (tertiary/aromatic N) is 5. The van der Waals surface area contributed by atoms with Crippen molar-refractivity contribution in [2.75, 3.05) is 41.6 Å². The summed E-state index contributed by atoms with van der Waals surface area (Å²) in [6.45, 7) is 8.10. The van der Waals surface area contributed by atoms with E-state index in [1.807, 2.05) is 39.0 Å². The van der Waals surface area contributed by atoms with E-state index in [1.54, 1.807) is 29.3 Å². The average Bonchev–Trinajstić information content (AvgIpc) is 2.73. The molecule has 0 spiro atoms. The third-order valence-corrected chi connectivity index (χ3v) is 4.81. The van der Waals surface area contributed by atoms with Crippen molar-refractivity contribution in [2.24, 2.45) is 4.99 Å². The Kier molecular flexibility index (Phi) is 5.55. The van der Waals surface area contributed by atoms with Gasteiger partial charge in [-0.05, 0) is 45.0 Å². The van der Waals surface area contributed by atoms with Gasteiger partial charge in [0.2, 0.25) is 5.96 Å². The average molecular weight is 424 g/mol. The fourth-order valence-electron chi connectivity index (χ4n) is 3.32. The lowest BCUT2D eigenvalue weighted by molar-refractivity contribution is 0.0240. The van der Waals surface area contributed by atoms with Gasteiger partial charge in [0.05, 0.1) is 23.3 Å². The van der Waals surface area contributed by atoms with Crippen LogP contribution in [-0.4, -0.2) is 53.7 Å². The number of hydrogen-bond donors (Lipinski definition) is 2. The van der Waals surface area contributed by atoms with Crippen LogP contribution in [0.25, 0.3) is 0 Å². The SMILES string of the molecule is CC(C)(C)OC(=O)N1CCN(c2ccc(NC3=Nc4ccccc4N([O-])N3)cn2)CC1. The number of aromatic nitrogens is 1. The molecule has 10 heteroatoms. The number of pyridine rings is 1. The Morgan fingerprint density at radius 1 is 1.13 bits per heavy atom. The molecular weight excluding hydrogens is 398 g/mol. The quantitative estimate of drug-likeness (QED) is 0.757. The molecule has 1 aromatic heterocycles. The minimum Gasteiger partial charge on any atom is -0.739 e. The Morgan fingerprint density at radius 3 is 2.55 bits per heavy atom. The molecule has 31 heavy (non-hydrogen) atoms. The van der Waals surface area contributed by atoms with E-state index in [-0.39, 0.29) is 6.09 Å². The van der Waals surface area contributed by atoms with E-state index in [1.165, 1.54) is 0 Å². The summed E-state index contributed by atoms with van der Waals surface area (Å²) < 4.78 is 5.44. The highest BCUT2D eigenvalue weighted by Gasteiger charge is 2.26. The van der Waals surface area contributed by atoms with Crippen molar-refractivity contribution in [1.82, 2.24) is 15.3 Å². The second-order valence-corrected chi connectivity index (χ2v) is 8.34. The molecule has 0 saturated carbocycles. The minimum atomic E-state index is -0.499. The fraction of sp³-hybridized carbons (Fsp3) is 0.381. The third kappa shape index (κ3) is 4.97. The fourth-order valence-corrected chi connectivity index (χ4v) is 3.32. The van der Waals surface area contributed by atoms with Crippen molar-refractivity contribution in [2.45, 2.75) is 26.4 Å². The van der Waals surface area contributed by atoms with Gasteiger partial charge >= 0.3 is 6.09 Å². The third-order valence-electron chi connectivity index (χ3n) is 4.81. The number of aliphatic imine (C=N–C) groups is 1. The van der Waals surface area contributed by atoms with E-state index in [0.29, 0.717) is 54.4 Å². The topological polar surface area (TPSA) is 108 Å². The van der Waals surface area contributed by atoms with Crippen LogP contribution in [0, 0.1) is 5.21 Å². The minimum absolute atomic E-state index is 0.283. The molecular formula is C21H26N7O3-. The van der Waals surface area contributed by atoms with Crippen molar-refractivity contribution in [1.29, 1.82) is 0 Å². The number of anilines is 3. The van der Waals surface area contributed by atoms with Crippen LogP contribution in [0.2, 0.25) is 0 Å². The van der Waals surface area contributed by atoms with E-state index in [9.17, 15) is 10.0 Å². The molecule has 2 aliphatic rings. The van der Waals surface area contributed by atoms with Crippen molar-refractivity contribution >= 4 is 34.9 Å². The van der Waals surface area contributed by atoms with Crippen LogP contribution in [0.1, 0.15) is 20.8 Å². The molecule has 2 aliphatic heterocycles. The number of carbonyl (C=O) groups excluding carboxylic acids is 1. The number of rotatable bonds is 2. The highest BCUT2D eigenvalue weighted by molar-refractivity contribution is 5.99. The second-order valence-electron chi connectivity index (χ2n) is 8.34. The Balaban J connectivity index is 1.34. The monoisotopic (exact) mass is 424 g/mol. The first-order valence-electron chi connectivity index (χ1n) is 10.2. The Morgan fingerprint density at radius 2 is 1.87 bits per heavy atom. The van der Waals surface area contributed by atoms with Crippen LogP contribution < -0.4 is 20.8 Å². The van der Waals surface area contributed by atoms with E-state index >= 15 is 0 Å². The summed E-state index contributed by atoms with van der Waals surface area (Å²) in [5.74, 6) is 1.15. The molecule has 1 aromatic carbocycles. The molecule has 0 aliphatic carbocycles. The van der Waals surface area contributed by atoms with Gasteiger partial charge in [0.1, 0.15) is 11.4 Å². The summed E-state index contributed by atoms with van der Waals surface area (Å²) in [5.41, 5.74) is 3.92. The molecule has 0 unspecified atom stereocenters. The molecule has 1 amide bonds. The van der Waals surface area contributed by atoms with E-state index in [0.717, 1.165) is 5.82 Å². The molecule has 1 fully saturated rings. The van der Waals surface area contributed by atoms with Gasteiger partial charge in [0, 0.05) is 26.2 Å².